The number of aromatic nitrogens is 4. The van der Waals surface area contributed by atoms with Crippen molar-refractivity contribution in [3.05, 3.63) is 51.9 Å². The van der Waals surface area contributed by atoms with Crippen LogP contribution < -0.4 is 15.4 Å². The van der Waals surface area contributed by atoms with Crippen LogP contribution in [-0.4, -0.2) is 111 Å². The Morgan fingerprint density at radius 1 is 1.26 bits per heavy atom. The first-order valence-electron chi connectivity index (χ1n) is 13.2. The largest absolute Gasteiger partial charge is 0.483 e. The topological polar surface area (TPSA) is 196 Å². The summed E-state index contributed by atoms with van der Waals surface area (Å²) in [7, 11) is 3.44. The maximum Gasteiger partial charge on any atom is 0.260 e. The number of aliphatic hydroxyl groups excluding tert-OH is 1. The number of halogens is 1. The number of nitrogens with zero attached hydrogens (tertiary/aromatic N) is 9. The average molecular weight is 600 g/mol. The fourth-order valence-corrected chi connectivity index (χ4v) is 5.09. The van der Waals surface area contributed by atoms with Crippen molar-refractivity contribution >= 4 is 40.4 Å². The molecule has 16 nitrogen and oxygen atoms in total. The predicted octanol–water partition coefficient (Wildman–Crippen LogP) is 0.928. The van der Waals surface area contributed by atoms with E-state index in [0.29, 0.717) is 46.4 Å². The summed E-state index contributed by atoms with van der Waals surface area (Å²) in [5.74, 6) is 0.245. The maximum atomic E-state index is 12.7. The fraction of sp³-hybridized carbons (Fsp3) is 0.480. The fourth-order valence-electron chi connectivity index (χ4n) is 4.90. The van der Waals surface area contributed by atoms with E-state index in [0.717, 1.165) is 13.1 Å². The first-order valence-corrected chi connectivity index (χ1v) is 13.6. The van der Waals surface area contributed by atoms with Crippen LogP contribution in [0.25, 0.3) is 21.6 Å². The highest BCUT2D eigenvalue weighted by atomic mass is 35.5. The molecule has 2 amide bonds. The monoisotopic (exact) mass is 599 g/mol. The number of carbonyl (C=O) groups is 2. The third-order valence-corrected chi connectivity index (χ3v) is 7.47. The van der Waals surface area contributed by atoms with E-state index in [1.165, 1.54) is 24.3 Å². The van der Waals surface area contributed by atoms with Crippen LogP contribution in [-0.2, 0) is 20.9 Å². The number of azide groups is 1. The van der Waals surface area contributed by atoms with Crippen molar-refractivity contribution in [3.63, 3.8) is 0 Å². The molecule has 2 saturated heterocycles. The van der Waals surface area contributed by atoms with Gasteiger partial charge in [-0.1, -0.05) is 16.7 Å². The van der Waals surface area contributed by atoms with Crippen LogP contribution in [0.2, 0.25) is 5.02 Å². The van der Waals surface area contributed by atoms with Gasteiger partial charge in [0.15, 0.2) is 29.8 Å². The number of rotatable bonds is 9. The minimum absolute atomic E-state index is 0.0855. The Labute approximate surface area is 245 Å². The minimum Gasteiger partial charge on any atom is -0.483 e. The van der Waals surface area contributed by atoms with Gasteiger partial charge >= 0.3 is 0 Å². The van der Waals surface area contributed by atoms with Crippen LogP contribution in [0.4, 0.5) is 5.82 Å². The molecule has 17 heteroatoms. The quantitative estimate of drug-likeness (QED) is 0.181. The van der Waals surface area contributed by atoms with Gasteiger partial charge in [0.05, 0.1) is 6.33 Å². The first-order chi connectivity index (χ1) is 20.3. The van der Waals surface area contributed by atoms with E-state index in [-0.39, 0.29) is 19.1 Å². The molecule has 0 saturated carbocycles. The highest BCUT2D eigenvalue weighted by Crippen LogP contribution is 2.34. The highest BCUT2D eigenvalue weighted by molar-refractivity contribution is 6.30. The van der Waals surface area contributed by atoms with E-state index in [1.807, 2.05) is 7.05 Å². The van der Waals surface area contributed by atoms with E-state index in [1.54, 1.807) is 23.1 Å². The summed E-state index contributed by atoms with van der Waals surface area (Å²) in [6.07, 6.45) is -0.925. The Balaban J connectivity index is 1.31. The van der Waals surface area contributed by atoms with Gasteiger partial charge in [-0.2, -0.15) is 0 Å². The van der Waals surface area contributed by atoms with Crippen molar-refractivity contribution in [1.82, 2.24) is 34.6 Å². The number of hydrogen-bond donors (Lipinski definition) is 3. The number of hydrogen-bond acceptors (Lipinski definition) is 11. The number of ether oxygens (including phenoxy) is 2. The molecule has 0 spiro atoms. The van der Waals surface area contributed by atoms with Crippen molar-refractivity contribution in [3.8, 4) is 5.75 Å². The van der Waals surface area contributed by atoms with Crippen LogP contribution in [0.15, 0.2) is 36.0 Å². The molecule has 2 fully saturated rings. The number of fused-ring (bicyclic) bond motifs is 1. The summed E-state index contributed by atoms with van der Waals surface area (Å²) in [6, 6.07) is 3.98. The van der Waals surface area contributed by atoms with Crippen LogP contribution in [0.5, 0.6) is 5.75 Å². The van der Waals surface area contributed by atoms with E-state index in [4.69, 9.17) is 26.6 Å². The van der Waals surface area contributed by atoms with Gasteiger partial charge in [0.2, 0.25) is 5.91 Å². The molecule has 2 aliphatic rings. The summed E-state index contributed by atoms with van der Waals surface area (Å²) in [6.45, 7) is 3.09. The molecule has 5 rings (SSSR count). The zero-order chi connectivity index (χ0) is 29.8. The number of nitrogens with one attached hydrogen (secondary N) is 2. The van der Waals surface area contributed by atoms with Crippen LogP contribution >= 0.6 is 11.6 Å². The summed E-state index contributed by atoms with van der Waals surface area (Å²) >= 11 is 6.26. The van der Waals surface area contributed by atoms with Gasteiger partial charge in [-0.05, 0) is 30.8 Å². The molecule has 4 atom stereocenters. The third-order valence-electron chi connectivity index (χ3n) is 7.24. The molecule has 2 aliphatic heterocycles. The van der Waals surface area contributed by atoms with E-state index >= 15 is 0 Å². The number of likely N-dealkylation sites (N-methyl/N-ethyl adjacent to an activating group) is 2. The molecule has 0 unspecified atom stereocenters. The standard InChI is InChI=1S/C25H30ClN11O5/c1-28-24(40)21-18(33-34-27)20(39)25(42-21)37-13-32-19-22(30-12-31-23(19)37)29-10-14-9-15(26)3-4-16(14)41-11-17(38)36-7-5-35(2)6-8-36/h3-4,9,12-13,18,20-21,25,39H,5-8,10-11H2,1-2H3,(H,28,40)(H,29,30,31)/t18-,20+,21-,25+/m0/s1. The molecule has 4 heterocycles. The first kappa shape index (κ1) is 29.3. The number of amides is 2. The van der Waals surface area contributed by atoms with Gasteiger partial charge < -0.3 is 35.0 Å². The van der Waals surface area contributed by atoms with Crippen LogP contribution in [0.3, 0.4) is 0 Å². The second-order valence-electron chi connectivity index (χ2n) is 9.87. The van der Waals surface area contributed by atoms with E-state index in [2.05, 4.69) is 40.5 Å². The van der Waals surface area contributed by atoms with Gasteiger partial charge in [0.25, 0.3) is 5.91 Å². The van der Waals surface area contributed by atoms with E-state index in [9.17, 15) is 14.7 Å². The molecule has 2 aromatic heterocycles. The molecule has 1 aromatic carbocycles. The van der Waals surface area contributed by atoms with Gasteiger partial charge in [0.1, 0.15) is 30.3 Å². The number of carbonyl (C=O) groups excluding carboxylic acids is 2. The lowest BCUT2D eigenvalue weighted by Crippen LogP contribution is -2.48. The zero-order valence-electron chi connectivity index (χ0n) is 22.9. The lowest BCUT2D eigenvalue weighted by Gasteiger charge is -2.32. The number of anilines is 1. The zero-order valence-corrected chi connectivity index (χ0v) is 23.7. The molecule has 0 bridgehead atoms. The molecule has 3 N–H and O–H groups in total. The van der Waals surface area contributed by atoms with Crippen LogP contribution in [0, 0.1) is 0 Å². The Hall–Kier alpha value is -4.21. The van der Waals surface area contributed by atoms with Crippen molar-refractivity contribution in [2.24, 2.45) is 5.11 Å². The highest BCUT2D eigenvalue weighted by Gasteiger charge is 2.48. The van der Waals surface area contributed by atoms with E-state index < -0.39 is 30.4 Å². The van der Waals surface area contributed by atoms with Gasteiger partial charge in [-0.3, -0.25) is 14.2 Å². The Morgan fingerprint density at radius 2 is 2.05 bits per heavy atom. The Bertz CT molecular complexity index is 1510. The summed E-state index contributed by atoms with van der Waals surface area (Å²) in [5, 5.41) is 20.6. The lowest BCUT2D eigenvalue weighted by atomic mass is 10.1. The van der Waals surface area contributed by atoms with Crippen molar-refractivity contribution in [2.75, 3.05) is 52.2 Å². The van der Waals surface area contributed by atoms with Gasteiger partial charge in [0, 0.05) is 55.3 Å². The second kappa shape index (κ2) is 12.8. The van der Waals surface area contributed by atoms with Gasteiger partial charge in [-0.25, -0.2) is 15.0 Å². The van der Waals surface area contributed by atoms with Gasteiger partial charge in [-0.15, -0.1) is 0 Å². The number of benzene rings is 1. The molecule has 222 valence electrons. The lowest BCUT2D eigenvalue weighted by molar-refractivity contribution is -0.135. The number of aliphatic hydroxyl groups is 1. The number of imidazole rings is 1. The molecule has 3 aromatic rings. The Morgan fingerprint density at radius 3 is 2.79 bits per heavy atom. The summed E-state index contributed by atoms with van der Waals surface area (Å²) in [4.78, 5) is 44.7. The summed E-state index contributed by atoms with van der Waals surface area (Å²) < 4.78 is 13.1. The molecular weight excluding hydrogens is 570 g/mol. The van der Waals surface area contributed by atoms with Crippen molar-refractivity contribution < 1.29 is 24.2 Å². The SMILES string of the molecule is CNC(=O)[C@H]1O[C@@H](n2cnc3c(NCc4cc(Cl)ccc4OCC(=O)N4CCN(C)CC4)ncnc32)[C@H](O)[C@@H]1N=[N+]=[N-]. The molecule has 0 radical (unpaired) electrons. The molecule has 42 heavy (non-hydrogen) atoms. The van der Waals surface area contributed by atoms with Crippen molar-refractivity contribution in [1.29, 1.82) is 0 Å². The molecular formula is C25H30ClN11O5. The smallest absolute Gasteiger partial charge is 0.260 e. The maximum absolute atomic E-state index is 12.7. The minimum atomic E-state index is -1.34. The normalized spacial score (nSPS) is 22.5. The predicted molar refractivity (Wildman–Crippen MR) is 151 cm³/mol. The van der Waals surface area contributed by atoms with Crippen molar-refractivity contribution in [2.45, 2.75) is 31.0 Å². The molecule has 0 aliphatic carbocycles. The summed E-state index contributed by atoms with van der Waals surface area (Å²) in [5.41, 5.74) is 10.3. The number of piperazine rings is 1. The third kappa shape index (κ3) is 6.03. The van der Waals surface area contributed by atoms with Crippen LogP contribution in [0.1, 0.15) is 11.8 Å². The average Bonchev–Trinajstić information content (AvgIpc) is 3.56. The second-order valence-corrected chi connectivity index (χ2v) is 10.3. The Kier molecular flexibility index (Phi) is 8.89.